The van der Waals surface area contributed by atoms with Gasteiger partial charge >= 0.3 is 29.6 Å². The van der Waals surface area contributed by atoms with E-state index in [9.17, 15) is 14.7 Å². The van der Waals surface area contributed by atoms with Crippen molar-refractivity contribution < 1.29 is 44.3 Å². The second-order valence-electron chi connectivity index (χ2n) is 4.71. The van der Waals surface area contributed by atoms with Gasteiger partial charge in [-0.25, -0.2) is 4.99 Å². The van der Waals surface area contributed by atoms with Crippen molar-refractivity contribution in [2.24, 2.45) is 10.4 Å². The molecule has 1 unspecified atom stereocenters. The van der Waals surface area contributed by atoms with E-state index in [-0.39, 0.29) is 29.6 Å². The van der Waals surface area contributed by atoms with Crippen molar-refractivity contribution in [2.75, 3.05) is 11.5 Å². The number of rotatable bonds is 8. The molecule has 0 saturated heterocycles. The SMILES string of the molecule is CCCCCCC1(CSCC)C(=O)N=C([O-])NC1=O.[Na+]. The van der Waals surface area contributed by atoms with E-state index in [0.717, 1.165) is 31.4 Å². The number of hydrogen-bond acceptors (Lipinski definition) is 4. The van der Waals surface area contributed by atoms with E-state index in [1.807, 2.05) is 6.92 Å². The van der Waals surface area contributed by atoms with Crippen molar-refractivity contribution in [3.63, 3.8) is 0 Å². The molecule has 0 fully saturated rings. The van der Waals surface area contributed by atoms with Crippen LogP contribution in [-0.4, -0.2) is 29.3 Å². The quantitative estimate of drug-likeness (QED) is 0.322. The average molecular weight is 308 g/mol. The van der Waals surface area contributed by atoms with E-state index >= 15 is 0 Å². The van der Waals surface area contributed by atoms with Gasteiger partial charge < -0.3 is 10.4 Å². The predicted molar refractivity (Wildman–Crippen MR) is 74.8 cm³/mol. The number of amidine groups is 1. The van der Waals surface area contributed by atoms with Gasteiger partial charge in [0.05, 0.1) is 6.02 Å². The minimum Gasteiger partial charge on any atom is -0.846 e. The fourth-order valence-corrected chi connectivity index (χ4v) is 3.04. The summed E-state index contributed by atoms with van der Waals surface area (Å²) in [6.45, 7) is 4.08. The Morgan fingerprint density at radius 2 is 1.95 bits per heavy atom. The van der Waals surface area contributed by atoms with Gasteiger partial charge in [-0.05, 0) is 12.2 Å². The number of amides is 2. The first-order valence-corrected chi connectivity index (χ1v) is 7.91. The van der Waals surface area contributed by atoms with Gasteiger partial charge in [-0.2, -0.15) is 11.8 Å². The first-order valence-electron chi connectivity index (χ1n) is 6.76. The zero-order chi connectivity index (χ0) is 14.3. The Labute approximate surface area is 146 Å². The minimum atomic E-state index is -1.14. The summed E-state index contributed by atoms with van der Waals surface area (Å²) in [5.41, 5.74) is -1.14. The van der Waals surface area contributed by atoms with Crippen LogP contribution in [0.2, 0.25) is 0 Å². The summed E-state index contributed by atoms with van der Waals surface area (Å²) < 4.78 is 0. The average Bonchev–Trinajstić information content (AvgIpc) is 2.36. The van der Waals surface area contributed by atoms with Crippen LogP contribution in [0.3, 0.4) is 0 Å². The second kappa shape index (κ2) is 9.82. The molecule has 20 heavy (non-hydrogen) atoms. The third-order valence-corrected chi connectivity index (χ3v) is 4.38. The van der Waals surface area contributed by atoms with Gasteiger partial charge in [0.15, 0.2) is 0 Å². The van der Waals surface area contributed by atoms with Crippen molar-refractivity contribution in [2.45, 2.75) is 46.0 Å². The number of unbranched alkanes of at least 4 members (excludes halogenated alkanes) is 3. The molecule has 0 saturated carbocycles. The Kier molecular flexibility index (Phi) is 9.80. The summed E-state index contributed by atoms with van der Waals surface area (Å²) in [6.07, 6.45) is 4.45. The molecule has 0 aromatic heterocycles. The van der Waals surface area contributed by atoms with Crippen LogP contribution in [0.4, 0.5) is 0 Å². The summed E-state index contributed by atoms with van der Waals surface area (Å²) in [6, 6.07) is -0.833. The Morgan fingerprint density at radius 1 is 1.25 bits per heavy atom. The van der Waals surface area contributed by atoms with Crippen molar-refractivity contribution in [1.29, 1.82) is 0 Å². The van der Waals surface area contributed by atoms with Crippen molar-refractivity contribution in [3.05, 3.63) is 0 Å². The summed E-state index contributed by atoms with van der Waals surface area (Å²) in [5, 5.41) is 13.3. The molecule has 0 bridgehead atoms. The summed E-state index contributed by atoms with van der Waals surface area (Å²) in [7, 11) is 0. The molecular weight excluding hydrogens is 287 g/mol. The van der Waals surface area contributed by atoms with Gasteiger partial charge in [0, 0.05) is 5.75 Å². The van der Waals surface area contributed by atoms with Crippen molar-refractivity contribution in [1.82, 2.24) is 5.32 Å². The molecule has 108 valence electrons. The van der Waals surface area contributed by atoms with Crippen LogP contribution in [0, 0.1) is 5.41 Å². The number of nitrogens with zero attached hydrogens (tertiary/aromatic N) is 1. The normalized spacial score (nSPS) is 22.0. The molecule has 0 aromatic carbocycles. The number of aliphatic imine (C=N–C) groups is 1. The molecule has 0 spiro atoms. The summed E-state index contributed by atoms with van der Waals surface area (Å²) in [5.74, 6) is 0.177. The molecule has 1 N–H and O–H groups in total. The fourth-order valence-electron chi connectivity index (χ4n) is 2.09. The number of thioether (sulfide) groups is 1. The zero-order valence-electron chi connectivity index (χ0n) is 12.5. The third-order valence-electron chi connectivity index (χ3n) is 3.28. The van der Waals surface area contributed by atoms with E-state index in [0.29, 0.717) is 12.2 Å². The first kappa shape index (κ1) is 20.0. The molecular formula is C13H21N2NaO3S. The topological polar surface area (TPSA) is 81.6 Å². The van der Waals surface area contributed by atoms with Crippen LogP contribution in [0.5, 0.6) is 0 Å². The van der Waals surface area contributed by atoms with E-state index in [1.54, 1.807) is 0 Å². The molecule has 1 aliphatic rings. The number of carbonyl (C=O) groups is 2. The molecule has 0 radical (unpaired) electrons. The van der Waals surface area contributed by atoms with E-state index in [4.69, 9.17) is 0 Å². The predicted octanol–water partition coefficient (Wildman–Crippen LogP) is -1.93. The minimum absolute atomic E-state index is 0. The van der Waals surface area contributed by atoms with Crippen LogP contribution in [0.15, 0.2) is 4.99 Å². The van der Waals surface area contributed by atoms with Crippen LogP contribution in [0.25, 0.3) is 0 Å². The van der Waals surface area contributed by atoms with Gasteiger partial charge in [-0.15, -0.1) is 0 Å². The molecule has 5 nitrogen and oxygen atoms in total. The molecule has 7 heteroatoms. The van der Waals surface area contributed by atoms with Crippen LogP contribution in [0.1, 0.15) is 46.0 Å². The van der Waals surface area contributed by atoms with Gasteiger partial charge in [-0.3, -0.25) is 9.59 Å². The maximum absolute atomic E-state index is 12.1. The Morgan fingerprint density at radius 3 is 2.50 bits per heavy atom. The van der Waals surface area contributed by atoms with Crippen LogP contribution in [-0.2, 0) is 9.59 Å². The Bertz CT molecular complexity index is 377. The number of carbonyl (C=O) groups excluding carboxylic acids is 2. The van der Waals surface area contributed by atoms with Crippen molar-refractivity contribution in [3.8, 4) is 0 Å². The number of nitrogens with one attached hydrogen (secondary N) is 1. The number of hydrogen-bond donors (Lipinski definition) is 1. The van der Waals surface area contributed by atoms with Crippen LogP contribution >= 0.6 is 11.8 Å². The molecule has 2 amide bonds. The Hall–Kier alpha value is -0.0400. The molecule has 0 aliphatic carbocycles. The van der Waals surface area contributed by atoms with E-state index in [2.05, 4.69) is 17.2 Å². The third kappa shape index (κ3) is 5.06. The standard InChI is InChI=1S/C13H22N2O3S.Na/c1-3-5-6-7-8-13(9-19-4-2)10(16)14-12(18)15-11(13)17;/h3-9H2,1-2H3,(H2,14,15,16,17,18);/q;+1/p-1. The molecule has 0 aromatic rings. The summed E-state index contributed by atoms with van der Waals surface area (Å²) >= 11 is 1.53. The molecule has 1 rings (SSSR count). The second-order valence-corrected chi connectivity index (χ2v) is 5.98. The summed E-state index contributed by atoms with van der Waals surface area (Å²) in [4.78, 5) is 27.5. The smallest absolute Gasteiger partial charge is 0.846 e. The largest absolute Gasteiger partial charge is 1.00 e. The first-order chi connectivity index (χ1) is 9.06. The fraction of sp³-hybridized carbons (Fsp3) is 0.769. The van der Waals surface area contributed by atoms with E-state index < -0.39 is 23.3 Å². The van der Waals surface area contributed by atoms with Crippen LogP contribution < -0.4 is 40.0 Å². The van der Waals surface area contributed by atoms with E-state index in [1.165, 1.54) is 11.8 Å². The molecule has 1 heterocycles. The maximum atomic E-state index is 12.1. The monoisotopic (exact) mass is 308 g/mol. The molecule has 1 atom stereocenters. The van der Waals surface area contributed by atoms with Gasteiger partial charge in [0.1, 0.15) is 5.41 Å². The van der Waals surface area contributed by atoms with Gasteiger partial charge in [0.25, 0.3) is 5.91 Å². The molecule has 1 aliphatic heterocycles. The van der Waals surface area contributed by atoms with Crippen molar-refractivity contribution >= 4 is 29.6 Å². The van der Waals surface area contributed by atoms with Gasteiger partial charge in [-0.1, -0.05) is 39.5 Å². The Balaban J connectivity index is 0.00000361. The van der Waals surface area contributed by atoms with Gasteiger partial charge in [0.2, 0.25) is 5.91 Å². The zero-order valence-corrected chi connectivity index (χ0v) is 15.3. The maximum Gasteiger partial charge on any atom is 1.00 e.